The minimum Gasteiger partial charge on any atom is -0.396 e. The molecular formula is C12H20N4O. The molecule has 5 heteroatoms. The summed E-state index contributed by atoms with van der Waals surface area (Å²) in [6.45, 7) is 4.19. The topological polar surface area (TPSA) is 61.3 Å². The summed E-state index contributed by atoms with van der Waals surface area (Å²) in [6, 6.07) is 0. The molecule has 0 spiro atoms. The maximum absolute atomic E-state index is 9.25. The van der Waals surface area contributed by atoms with E-state index in [0.29, 0.717) is 5.92 Å². The Morgan fingerprint density at radius 1 is 1.53 bits per heavy atom. The Balaban J connectivity index is 2.21. The van der Waals surface area contributed by atoms with E-state index in [4.69, 9.17) is 0 Å². The largest absolute Gasteiger partial charge is 0.396 e. The van der Waals surface area contributed by atoms with Crippen LogP contribution in [0.1, 0.15) is 18.4 Å². The van der Waals surface area contributed by atoms with Gasteiger partial charge in [0.15, 0.2) is 0 Å². The first kappa shape index (κ1) is 12.1. The molecule has 1 saturated heterocycles. The van der Waals surface area contributed by atoms with E-state index in [2.05, 4.69) is 20.2 Å². The van der Waals surface area contributed by atoms with Crippen molar-refractivity contribution in [1.82, 2.24) is 9.97 Å². The van der Waals surface area contributed by atoms with Crippen LogP contribution in [0.25, 0.3) is 0 Å². The standard InChI is InChI=1S/C12H20N4O/c1-9-11(13-2)14-8-15-12(9)16-5-3-4-10(6-16)7-17/h8,10,17H,3-7H2,1-2H3,(H,13,14,15). The molecule has 1 unspecified atom stereocenters. The van der Waals surface area contributed by atoms with E-state index in [-0.39, 0.29) is 6.61 Å². The highest BCUT2D eigenvalue weighted by atomic mass is 16.3. The zero-order valence-electron chi connectivity index (χ0n) is 10.5. The molecule has 0 saturated carbocycles. The highest BCUT2D eigenvalue weighted by molar-refractivity contribution is 5.57. The van der Waals surface area contributed by atoms with Crippen molar-refractivity contribution in [3.8, 4) is 0 Å². The molecule has 0 radical (unpaired) electrons. The molecule has 1 fully saturated rings. The van der Waals surface area contributed by atoms with Crippen LogP contribution >= 0.6 is 0 Å². The fraction of sp³-hybridized carbons (Fsp3) is 0.667. The molecule has 1 atom stereocenters. The van der Waals surface area contributed by atoms with Crippen molar-refractivity contribution >= 4 is 11.6 Å². The zero-order valence-corrected chi connectivity index (χ0v) is 10.5. The number of aliphatic hydroxyl groups is 1. The molecule has 17 heavy (non-hydrogen) atoms. The lowest BCUT2D eigenvalue weighted by Crippen LogP contribution is -2.37. The summed E-state index contributed by atoms with van der Waals surface area (Å²) in [5.74, 6) is 2.24. The Morgan fingerprint density at radius 2 is 2.35 bits per heavy atom. The van der Waals surface area contributed by atoms with E-state index in [9.17, 15) is 5.11 Å². The Hall–Kier alpha value is -1.36. The second kappa shape index (κ2) is 5.31. The molecule has 0 amide bonds. The molecule has 0 bridgehead atoms. The SMILES string of the molecule is CNc1ncnc(N2CCCC(CO)C2)c1C. The van der Waals surface area contributed by atoms with Crippen LogP contribution in [0.15, 0.2) is 6.33 Å². The number of hydrogen-bond donors (Lipinski definition) is 2. The average Bonchev–Trinajstić information content (AvgIpc) is 2.39. The first-order valence-corrected chi connectivity index (χ1v) is 6.11. The zero-order chi connectivity index (χ0) is 12.3. The monoisotopic (exact) mass is 236 g/mol. The summed E-state index contributed by atoms with van der Waals surface area (Å²) in [6.07, 6.45) is 3.82. The third-order valence-corrected chi connectivity index (χ3v) is 3.37. The Kier molecular flexibility index (Phi) is 3.78. The lowest BCUT2D eigenvalue weighted by molar-refractivity contribution is 0.208. The quantitative estimate of drug-likeness (QED) is 0.821. The number of rotatable bonds is 3. The van der Waals surface area contributed by atoms with E-state index >= 15 is 0 Å². The summed E-state index contributed by atoms with van der Waals surface area (Å²) in [5.41, 5.74) is 1.08. The molecule has 2 rings (SSSR count). The number of piperidine rings is 1. The van der Waals surface area contributed by atoms with Crippen LogP contribution in [-0.4, -0.2) is 41.8 Å². The molecule has 2 heterocycles. The fourth-order valence-corrected chi connectivity index (χ4v) is 2.42. The Bertz CT molecular complexity index is 383. The number of anilines is 2. The van der Waals surface area contributed by atoms with Crippen LogP contribution < -0.4 is 10.2 Å². The van der Waals surface area contributed by atoms with Gasteiger partial charge in [-0.2, -0.15) is 0 Å². The number of aliphatic hydroxyl groups excluding tert-OH is 1. The van der Waals surface area contributed by atoms with Gasteiger partial charge in [-0.05, 0) is 25.7 Å². The van der Waals surface area contributed by atoms with Gasteiger partial charge in [0.1, 0.15) is 18.0 Å². The van der Waals surface area contributed by atoms with E-state index in [1.54, 1.807) is 6.33 Å². The smallest absolute Gasteiger partial charge is 0.137 e. The molecular weight excluding hydrogens is 216 g/mol. The second-order valence-corrected chi connectivity index (χ2v) is 4.56. The van der Waals surface area contributed by atoms with Gasteiger partial charge >= 0.3 is 0 Å². The third kappa shape index (κ3) is 2.49. The number of hydrogen-bond acceptors (Lipinski definition) is 5. The summed E-state index contributed by atoms with van der Waals surface area (Å²) >= 11 is 0. The van der Waals surface area contributed by atoms with Gasteiger partial charge in [0.25, 0.3) is 0 Å². The molecule has 0 aromatic carbocycles. The van der Waals surface area contributed by atoms with E-state index < -0.39 is 0 Å². The molecule has 5 nitrogen and oxygen atoms in total. The van der Waals surface area contributed by atoms with Crippen molar-refractivity contribution < 1.29 is 5.11 Å². The maximum atomic E-state index is 9.25. The molecule has 1 aliphatic heterocycles. The maximum Gasteiger partial charge on any atom is 0.137 e. The Labute approximate surface area is 102 Å². The van der Waals surface area contributed by atoms with Gasteiger partial charge in [0.2, 0.25) is 0 Å². The highest BCUT2D eigenvalue weighted by Gasteiger charge is 2.22. The van der Waals surface area contributed by atoms with Crippen LogP contribution in [0.5, 0.6) is 0 Å². The predicted octanol–water partition coefficient (Wildman–Crippen LogP) is 1.04. The number of nitrogens with zero attached hydrogens (tertiary/aromatic N) is 3. The average molecular weight is 236 g/mol. The lowest BCUT2D eigenvalue weighted by Gasteiger charge is -2.33. The van der Waals surface area contributed by atoms with Crippen LogP contribution in [0.3, 0.4) is 0 Å². The first-order valence-electron chi connectivity index (χ1n) is 6.11. The molecule has 0 aliphatic carbocycles. The summed E-state index contributed by atoms with van der Waals surface area (Å²) in [7, 11) is 1.87. The minimum absolute atomic E-state index is 0.263. The van der Waals surface area contributed by atoms with Crippen molar-refractivity contribution in [2.75, 3.05) is 37.0 Å². The van der Waals surface area contributed by atoms with Crippen molar-refractivity contribution in [2.24, 2.45) is 5.92 Å². The second-order valence-electron chi connectivity index (χ2n) is 4.56. The van der Waals surface area contributed by atoms with Gasteiger partial charge in [-0.1, -0.05) is 0 Å². The lowest BCUT2D eigenvalue weighted by atomic mass is 9.99. The van der Waals surface area contributed by atoms with Gasteiger partial charge in [0, 0.05) is 32.3 Å². The van der Waals surface area contributed by atoms with E-state index in [1.165, 1.54) is 0 Å². The Morgan fingerprint density at radius 3 is 3.06 bits per heavy atom. The van der Waals surface area contributed by atoms with Crippen LogP contribution in [0.4, 0.5) is 11.6 Å². The normalized spacial score (nSPS) is 20.4. The third-order valence-electron chi connectivity index (χ3n) is 3.37. The first-order chi connectivity index (χ1) is 8.26. The van der Waals surface area contributed by atoms with Gasteiger partial charge in [-0.15, -0.1) is 0 Å². The van der Waals surface area contributed by atoms with Crippen LogP contribution in [0, 0.1) is 12.8 Å². The molecule has 1 aliphatic rings. The van der Waals surface area contributed by atoms with Crippen molar-refractivity contribution in [3.05, 3.63) is 11.9 Å². The van der Waals surface area contributed by atoms with Crippen molar-refractivity contribution in [2.45, 2.75) is 19.8 Å². The number of aromatic nitrogens is 2. The number of nitrogens with one attached hydrogen (secondary N) is 1. The summed E-state index contributed by atoms with van der Waals surface area (Å²) < 4.78 is 0. The van der Waals surface area contributed by atoms with E-state index in [0.717, 1.165) is 43.1 Å². The molecule has 1 aromatic heterocycles. The van der Waals surface area contributed by atoms with Crippen molar-refractivity contribution in [3.63, 3.8) is 0 Å². The van der Waals surface area contributed by atoms with Crippen molar-refractivity contribution in [1.29, 1.82) is 0 Å². The molecule has 1 aromatic rings. The van der Waals surface area contributed by atoms with Gasteiger partial charge in [-0.25, -0.2) is 9.97 Å². The van der Waals surface area contributed by atoms with Crippen LogP contribution in [0.2, 0.25) is 0 Å². The molecule has 2 N–H and O–H groups in total. The van der Waals surface area contributed by atoms with Crippen LogP contribution in [-0.2, 0) is 0 Å². The van der Waals surface area contributed by atoms with Gasteiger partial charge < -0.3 is 15.3 Å². The van der Waals surface area contributed by atoms with Gasteiger partial charge in [0.05, 0.1) is 0 Å². The predicted molar refractivity (Wildman–Crippen MR) is 68.3 cm³/mol. The van der Waals surface area contributed by atoms with Gasteiger partial charge in [-0.3, -0.25) is 0 Å². The minimum atomic E-state index is 0.263. The molecule has 94 valence electrons. The highest BCUT2D eigenvalue weighted by Crippen LogP contribution is 2.26. The summed E-state index contributed by atoms with van der Waals surface area (Å²) in [4.78, 5) is 10.8. The fourth-order valence-electron chi connectivity index (χ4n) is 2.42. The summed E-state index contributed by atoms with van der Waals surface area (Å²) in [5, 5.41) is 12.3. The van der Waals surface area contributed by atoms with E-state index in [1.807, 2.05) is 14.0 Å².